The third-order valence-electron chi connectivity index (χ3n) is 2.70. The number of benzene rings is 1. The summed E-state index contributed by atoms with van der Waals surface area (Å²) in [6.45, 7) is -2.15. The van der Waals surface area contributed by atoms with Gasteiger partial charge in [0.15, 0.2) is 0 Å². The number of aliphatic hydroxyl groups excluding tert-OH is 1. The van der Waals surface area contributed by atoms with Crippen LogP contribution in [0.3, 0.4) is 0 Å². The maximum atomic E-state index is 13.7. The molecular formula is C12H13F4NO3. The molecule has 1 rings (SSSR count). The Labute approximate surface area is 112 Å². The Hall–Kier alpha value is -1.83. The number of amides is 1. The van der Waals surface area contributed by atoms with E-state index in [1.165, 1.54) is 14.0 Å². The summed E-state index contributed by atoms with van der Waals surface area (Å²) < 4.78 is 55.1. The lowest BCUT2D eigenvalue weighted by atomic mass is 10.1. The molecule has 1 unspecified atom stereocenters. The molecule has 0 aliphatic carbocycles. The highest BCUT2D eigenvalue weighted by atomic mass is 19.3. The van der Waals surface area contributed by atoms with Crippen molar-refractivity contribution in [2.24, 2.45) is 0 Å². The van der Waals surface area contributed by atoms with Crippen LogP contribution in [0.4, 0.5) is 17.6 Å². The molecule has 0 aliphatic rings. The molecule has 20 heavy (non-hydrogen) atoms. The molecule has 0 aromatic heterocycles. The summed E-state index contributed by atoms with van der Waals surface area (Å²) in [5.74, 6) is -4.36. The van der Waals surface area contributed by atoms with Crippen LogP contribution in [-0.4, -0.2) is 42.2 Å². The Morgan fingerprint density at radius 1 is 1.35 bits per heavy atom. The standard InChI is InChI=1S/C12H13F4NO3/c1-6(5-18)17(2)11(19)10-8(13)3-7(4-9(10)14)20-12(15)16/h3-4,6,12,18H,5H2,1-2H3. The SMILES string of the molecule is CC(CO)N(C)C(=O)c1c(F)cc(OC(F)F)cc1F. The normalized spacial score (nSPS) is 12.4. The molecule has 1 aromatic rings. The fourth-order valence-electron chi connectivity index (χ4n) is 1.42. The summed E-state index contributed by atoms with van der Waals surface area (Å²) in [6.07, 6.45) is 0. The molecule has 0 heterocycles. The van der Waals surface area contributed by atoms with Crippen molar-refractivity contribution in [2.45, 2.75) is 19.6 Å². The van der Waals surface area contributed by atoms with Gasteiger partial charge < -0.3 is 14.7 Å². The van der Waals surface area contributed by atoms with Gasteiger partial charge in [-0.3, -0.25) is 4.79 Å². The third-order valence-corrected chi connectivity index (χ3v) is 2.70. The van der Waals surface area contributed by atoms with Crippen molar-refractivity contribution >= 4 is 5.91 Å². The zero-order chi connectivity index (χ0) is 15.4. The van der Waals surface area contributed by atoms with Gasteiger partial charge >= 0.3 is 6.61 Å². The minimum absolute atomic E-state index is 0.391. The van der Waals surface area contributed by atoms with Crippen LogP contribution in [0.5, 0.6) is 5.75 Å². The van der Waals surface area contributed by atoms with Crippen LogP contribution in [0.25, 0.3) is 0 Å². The van der Waals surface area contributed by atoms with E-state index in [0.29, 0.717) is 12.1 Å². The molecule has 112 valence electrons. The lowest BCUT2D eigenvalue weighted by Gasteiger charge is -2.23. The van der Waals surface area contributed by atoms with Gasteiger partial charge in [-0.15, -0.1) is 0 Å². The molecular weight excluding hydrogens is 282 g/mol. The molecule has 1 amide bonds. The van der Waals surface area contributed by atoms with Crippen LogP contribution >= 0.6 is 0 Å². The number of nitrogens with zero attached hydrogens (tertiary/aromatic N) is 1. The second kappa shape index (κ2) is 6.56. The van der Waals surface area contributed by atoms with E-state index in [4.69, 9.17) is 5.11 Å². The summed E-state index contributed by atoms with van der Waals surface area (Å²) in [7, 11) is 1.26. The van der Waals surface area contributed by atoms with E-state index in [1.54, 1.807) is 0 Å². The van der Waals surface area contributed by atoms with Crippen LogP contribution in [0.15, 0.2) is 12.1 Å². The van der Waals surface area contributed by atoms with Crippen molar-refractivity contribution in [3.8, 4) is 5.75 Å². The zero-order valence-corrected chi connectivity index (χ0v) is 10.7. The predicted molar refractivity (Wildman–Crippen MR) is 61.6 cm³/mol. The van der Waals surface area contributed by atoms with E-state index in [-0.39, 0.29) is 0 Å². The molecule has 8 heteroatoms. The summed E-state index contributed by atoms with van der Waals surface area (Å²) in [4.78, 5) is 12.8. The largest absolute Gasteiger partial charge is 0.435 e. The number of aliphatic hydroxyl groups is 1. The number of rotatable bonds is 5. The Bertz CT molecular complexity index is 473. The first kappa shape index (κ1) is 16.2. The number of alkyl halides is 2. The molecule has 1 N–H and O–H groups in total. The number of hydrogen-bond donors (Lipinski definition) is 1. The number of halogens is 4. The summed E-state index contributed by atoms with van der Waals surface area (Å²) >= 11 is 0. The van der Waals surface area contributed by atoms with Crippen molar-refractivity contribution in [3.63, 3.8) is 0 Å². The van der Waals surface area contributed by atoms with Crippen molar-refractivity contribution < 1.29 is 32.2 Å². The lowest BCUT2D eigenvalue weighted by Crippen LogP contribution is -2.38. The van der Waals surface area contributed by atoms with Crippen molar-refractivity contribution in [2.75, 3.05) is 13.7 Å². The maximum absolute atomic E-state index is 13.7. The van der Waals surface area contributed by atoms with Crippen molar-refractivity contribution in [1.82, 2.24) is 4.90 Å². The number of ether oxygens (including phenoxy) is 1. The van der Waals surface area contributed by atoms with Gasteiger partial charge in [-0.2, -0.15) is 8.78 Å². The van der Waals surface area contributed by atoms with Gasteiger partial charge in [-0.25, -0.2) is 8.78 Å². The van der Waals surface area contributed by atoms with E-state index in [2.05, 4.69) is 4.74 Å². The van der Waals surface area contributed by atoms with Crippen LogP contribution in [0.2, 0.25) is 0 Å². The first-order valence-corrected chi connectivity index (χ1v) is 5.59. The van der Waals surface area contributed by atoms with Crippen LogP contribution in [0.1, 0.15) is 17.3 Å². The lowest BCUT2D eigenvalue weighted by molar-refractivity contribution is -0.0501. The van der Waals surface area contributed by atoms with Gasteiger partial charge in [-0.1, -0.05) is 0 Å². The average molecular weight is 295 g/mol. The highest BCUT2D eigenvalue weighted by Crippen LogP contribution is 2.23. The van der Waals surface area contributed by atoms with Gasteiger partial charge in [0.05, 0.1) is 12.6 Å². The van der Waals surface area contributed by atoms with Crippen LogP contribution in [0, 0.1) is 11.6 Å². The smallest absolute Gasteiger partial charge is 0.387 e. The summed E-state index contributed by atoms with van der Waals surface area (Å²) in [5, 5.41) is 8.90. The predicted octanol–water partition coefficient (Wildman–Crippen LogP) is 2.02. The van der Waals surface area contributed by atoms with Crippen molar-refractivity contribution in [1.29, 1.82) is 0 Å². The summed E-state index contributed by atoms with van der Waals surface area (Å²) in [5.41, 5.74) is -0.894. The van der Waals surface area contributed by atoms with E-state index >= 15 is 0 Å². The fourth-order valence-corrected chi connectivity index (χ4v) is 1.42. The molecule has 0 spiro atoms. The Balaban J connectivity index is 3.10. The molecule has 4 nitrogen and oxygen atoms in total. The van der Waals surface area contributed by atoms with E-state index in [9.17, 15) is 22.4 Å². The van der Waals surface area contributed by atoms with Crippen LogP contribution < -0.4 is 4.74 Å². The maximum Gasteiger partial charge on any atom is 0.387 e. The van der Waals surface area contributed by atoms with Gasteiger partial charge in [0.25, 0.3) is 5.91 Å². The number of likely N-dealkylation sites (N-methyl/N-ethyl adjacent to an activating group) is 1. The molecule has 0 radical (unpaired) electrons. The monoisotopic (exact) mass is 295 g/mol. The molecule has 0 fully saturated rings. The van der Waals surface area contributed by atoms with Crippen LogP contribution in [-0.2, 0) is 0 Å². The van der Waals surface area contributed by atoms with Gasteiger partial charge in [-0.05, 0) is 6.92 Å². The quantitative estimate of drug-likeness (QED) is 0.846. The molecule has 0 saturated carbocycles. The number of carbonyl (C=O) groups is 1. The van der Waals surface area contributed by atoms with E-state index in [0.717, 1.165) is 4.90 Å². The molecule has 0 saturated heterocycles. The molecule has 0 bridgehead atoms. The zero-order valence-electron chi connectivity index (χ0n) is 10.7. The first-order chi connectivity index (χ1) is 9.27. The van der Waals surface area contributed by atoms with E-state index < -0.39 is 48.1 Å². The summed E-state index contributed by atoms with van der Waals surface area (Å²) in [6, 6.07) is 0.345. The van der Waals surface area contributed by atoms with Crippen molar-refractivity contribution in [3.05, 3.63) is 29.3 Å². The Kier molecular flexibility index (Phi) is 5.32. The highest BCUT2D eigenvalue weighted by molar-refractivity contribution is 5.95. The molecule has 1 atom stereocenters. The third kappa shape index (κ3) is 3.60. The second-order valence-corrected chi connectivity index (χ2v) is 4.09. The first-order valence-electron chi connectivity index (χ1n) is 5.59. The fraction of sp³-hybridized carbons (Fsp3) is 0.417. The minimum atomic E-state index is -3.23. The highest BCUT2D eigenvalue weighted by Gasteiger charge is 2.25. The Morgan fingerprint density at radius 3 is 2.25 bits per heavy atom. The Morgan fingerprint density at radius 2 is 1.85 bits per heavy atom. The van der Waals surface area contributed by atoms with Gasteiger partial charge in [0, 0.05) is 19.2 Å². The number of hydrogen-bond acceptors (Lipinski definition) is 3. The minimum Gasteiger partial charge on any atom is -0.435 e. The van der Waals surface area contributed by atoms with Gasteiger partial charge in [0.2, 0.25) is 0 Å². The molecule has 0 aliphatic heterocycles. The topological polar surface area (TPSA) is 49.8 Å². The number of carbonyl (C=O) groups excluding carboxylic acids is 1. The average Bonchev–Trinajstić information content (AvgIpc) is 2.34. The molecule has 1 aromatic carbocycles. The second-order valence-electron chi connectivity index (χ2n) is 4.09. The van der Waals surface area contributed by atoms with E-state index in [1.807, 2.05) is 0 Å². The van der Waals surface area contributed by atoms with Gasteiger partial charge in [0.1, 0.15) is 22.9 Å².